The minimum Gasteiger partial charge on any atom is -0.338 e. The fourth-order valence-corrected chi connectivity index (χ4v) is 3.28. The molecule has 2 aromatic rings. The highest BCUT2D eigenvalue weighted by Crippen LogP contribution is 2.25. The van der Waals surface area contributed by atoms with Crippen LogP contribution < -0.4 is 10.2 Å². The van der Waals surface area contributed by atoms with Gasteiger partial charge >= 0.3 is 0 Å². The van der Waals surface area contributed by atoms with Gasteiger partial charge in [0.25, 0.3) is 5.91 Å². The fraction of sp³-hybridized carbons (Fsp3) is 0.421. The largest absolute Gasteiger partial charge is 0.338 e. The van der Waals surface area contributed by atoms with Gasteiger partial charge in [0.05, 0.1) is 0 Å². The molecule has 1 unspecified atom stereocenters. The molecule has 0 radical (unpaired) electrons. The summed E-state index contributed by atoms with van der Waals surface area (Å²) in [6, 6.07) is 5.28. The topological polar surface area (TPSA) is 58.1 Å². The number of carbonyl (C=O) groups is 1. The Morgan fingerprint density at radius 2 is 2.00 bits per heavy atom. The molecular weight excluding hydrogens is 338 g/mol. The van der Waals surface area contributed by atoms with Crippen molar-refractivity contribution in [3.63, 3.8) is 0 Å². The zero-order valence-corrected chi connectivity index (χ0v) is 14.9. The third-order valence-electron chi connectivity index (χ3n) is 4.63. The fourth-order valence-electron chi connectivity index (χ4n) is 3.28. The first kappa shape index (κ1) is 18.2. The number of hydrogen-bond donors (Lipinski definition) is 1. The molecule has 1 aliphatic heterocycles. The standard InChI is InChI=1S/C19H22F2N4O/c1-3-13-7-4-5-10-25(13)19-22-12(2)11-16(23-19)18(26)24-17-14(20)8-6-9-15(17)21/h6,8-9,11,13H,3-5,7,10H2,1-2H3,(H,24,26). The van der Waals surface area contributed by atoms with Crippen LogP contribution >= 0.6 is 0 Å². The first-order valence-electron chi connectivity index (χ1n) is 8.87. The number of piperidine rings is 1. The first-order valence-corrected chi connectivity index (χ1v) is 8.87. The summed E-state index contributed by atoms with van der Waals surface area (Å²) >= 11 is 0. The van der Waals surface area contributed by atoms with E-state index in [1.165, 1.54) is 18.6 Å². The predicted octanol–water partition coefficient (Wildman–Crippen LogP) is 4.08. The van der Waals surface area contributed by atoms with Crippen LogP contribution in [0.3, 0.4) is 0 Å². The molecule has 0 bridgehead atoms. The van der Waals surface area contributed by atoms with Gasteiger partial charge in [-0.2, -0.15) is 0 Å². The number of para-hydroxylation sites is 1. The molecule has 7 heteroatoms. The Balaban J connectivity index is 1.88. The summed E-state index contributed by atoms with van der Waals surface area (Å²) < 4.78 is 27.6. The van der Waals surface area contributed by atoms with Crippen LogP contribution in [0, 0.1) is 18.6 Å². The van der Waals surface area contributed by atoms with Crippen molar-refractivity contribution in [2.24, 2.45) is 0 Å². The number of nitrogens with one attached hydrogen (secondary N) is 1. The van der Waals surface area contributed by atoms with Gasteiger partial charge in [-0.05, 0) is 50.8 Å². The second-order valence-electron chi connectivity index (χ2n) is 6.50. The summed E-state index contributed by atoms with van der Waals surface area (Å²) in [7, 11) is 0. The van der Waals surface area contributed by atoms with Gasteiger partial charge in [0.1, 0.15) is 23.0 Å². The summed E-state index contributed by atoms with van der Waals surface area (Å²) in [5.74, 6) is -1.82. The van der Waals surface area contributed by atoms with Crippen LogP contribution in [0.1, 0.15) is 48.8 Å². The molecule has 0 spiro atoms. The van der Waals surface area contributed by atoms with Crippen LogP contribution in [0.15, 0.2) is 24.3 Å². The van der Waals surface area contributed by atoms with Gasteiger partial charge in [-0.15, -0.1) is 0 Å². The van der Waals surface area contributed by atoms with E-state index >= 15 is 0 Å². The quantitative estimate of drug-likeness (QED) is 0.892. The number of rotatable bonds is 4. The summed E-state index contributed by atoms with van der Waals surface area (Å²) in [5, 5.41) is 2.28. The number of aromatic nitrogens is 2. The van der Waals surface area contributed by atoms with Crippen molar-refractivity contribution in [2.75, 3.05) is 16.8 Å². The number of anilines is 2. The maximum absolute atomic E-state index is 13.8. The Labute approximate surface area is 151 Å². The van der Waals surface area contributed by atoms with E-state index in [4.69, 9.17) is 0 Å². The highest BCUT2D eigenvalue weighted by Gasteiger charge is 2.24. The molecule has 1 fully saturated rings. The van der Waals surface area contributed by atoms with Gasteiger partial charge in [-0.1, -0.05) is 13.0 Å². The average Bonchev–Trinajstić information content (AvgIpc) is 2.64. The van der Waals surface area contributed by atoms with Crippen molar-refractivity contribution in [2.45, 2.75) is 45.6 Å². The molecule has 1 aromatic heterocycles. The number of halogens is 2. The molecule has 1 N–H and O–H groups in total. The van der Waals surface area contributed by atoms with E-state index in [0.29, 0.717) is 17.7 Å². The number of nitrogens with zero attached hydrogens (tertiary/aromatic N) is 3. The van der Waals surface area contributed by atoms with Gasteiger partial charge in [0, 0.05) is 18.3 Å². The summed E-state index contributed by atoms with van der Waals surface area (Å²) in [4.78, 5) is 23.5. The summed E-state index contributed by atoms with van der Waals surface area (Å²) in [6.07, 6.45) is 4.26. The van der Waals surface area contributed by atoms with E-state index in [1.807, 2.05) is 0 Å². The van der Waals surface area contributed by atoms with Crippen LogP contribution in [0.2, 0.25) is 0 Å². The molecule has 5 nitrogen and oxygen atoms in total. The molecule has 1 saturated heterocycles. The molecular formula is C19H22F2N4O. The number of amides is 1. The molecule has 138 valence electrons. The minimum absolute atomic E-state index is 0.0931. The Morgan fingerprint density at radius 3 is 2.69 bits per heavy atom. The van der Waals surface area contributed by atoms with E-state index < -0.39 is 23.2 Å². The van der Waals surface area contributed by atoms with E-state index in [1.54, 1.807) is 6.92 Å². The maximum Gasteiger partial charge on any atom is 0.274 e. The number of carbonyl (C=O) groups excluding carboxylic acids is 1. The first-order chi connectivity index (χ1) is 12.5. The van der Waals surface area contributed by atoms with Gasteiger partial charge in [0.15, 0.2) is 0 Å². The van der Waals surface area contributed by atoms with E-state index in [2.05, 4.69) is 27.1 Å². The van der Waals surface area contributed by atoms with Crippen molar-refractivity contribution in [3.8, 4) is 0 Å². The van der Waals surface area contributed by atoms with E-state index in [9.17, 15) is 13.6 Å². The second kappa shape index (κ2) is 7.76. The van der Waals surface area contributed by atoms with Crippen LogP contribution in [0.5, 0.6) is 0 Å². The number of aryl methyl sites for hydroxylation is 1. The molecule has 3 rings (SSSR count). The van der Waals surface area contributed by atoms with Crippen molar-refractivity contribution >= 4 is 17.5 Å². The highest BCUT2D eigenvalue weighted by molar-refractivity contribution is 6.03. The zero-order chi connectivity index (χ0) is 18.7. The highest BCUT2D eigenvalue weighted by atomic mass is 19.1. The SMILES string of the molecule is CCC1CCCCN1c1nc(C)cc(C(=O)Nc2c(F)cccc2F)n1. The smallest absolute Gasteiger partial charge is 0.274 e. The lowest BCUT2D eigenvalue weighted by Gasteiger charge is -2.35. The normalized spacial score (nSPS) is 17.2. The Morgan fingerprint density at radius 1 is 1.27 bits per heavy atom. The van der Waals surface area contributed by atoms with Gasteiger partial charge in [-0.25, -0.2) is 18.7 Å². The molecule has 0 aliphatic carbocycles. The van der Waals surface area contributed by atoms with Gasteiger partial charge < -0.3 is 10.2 Å². The van der Waals surface area contributed by atoms with Crippen molar-refractivity contribution < 1.29 is 13.6 Å². The lowest BCUT2D eigenvalue weighted by atomic mass is 10.0. The summed E-state index contributed by atoms with van der Waals surface area (Å²) in [6.45, 7) is 4.73. The maximum atomic E-state index is 13.8. The molecule has 2 heterocycles. The van der Waals surface area contributed by atoms with Crippen LogP contribution in [0.25, 0.3) is 0 Å². The summed E-state index contributed by atoms with van der Waals surface area (Å²) in [5.41, 5.74) is 0.255. The molecule has 1 amide bonds. The lowest BCUT2D eigenvalue weighted by Crippen LogP contribution is -2.40. The Hall–Kier alpha value is -2.57. The van der Waals surface area contributed by atoms with Gasteiger partial charge in [-0.3, -0.25) is 4.79 Å². The monoisotopic (exact) mass is 360 g/mol. The zero-order valence-electron chi connectivity index (χ0n) is 14.9. The number of hydrogen-bond acceptors (Lipinski definition) is 4. The average molecular weight is 360 g/mol. The molecule has 1 atom stereocenters. The molecule has 26 heavy (non-hydrogen) atoms. The Kier molecular flexibility index (Phi) is 5.44. The Bertz CT molecular complexity index is 792. The van der Waals surface area contributed by atoms with Crippen molar-refractivity contribution in [1.29, 1.82) is 0 Å². The van der Waals surface area contributed by atoms with Crippen LogP contribution in [-0.4, -0.2) is 28.5 Å². The number of benzene rings is 1. The predicted molar refractivity (Wildman–Crippen MR) is 96.4 cm³/mol. The minimum atomic E-state index is -0.827. The van der Waals surface area contributed by atoms with Crippen LogP contribution in [0.4, 0.5) is 20.4 Å². The third-order valence-corrected chi connectivity index (χ3v) is 4.63. The molecule has 1 aromatic carbocycles. The third kappa shape index (κ3) is 3.81. The van der Waals surface area contributed by atoms with Gasteiger partial charge in [0.2, 0.25) is 5.95 Å². The lowest BCUT2D eigenvalue weighted by molar-refractivity contribution is 0.102. The van der Waals surface area contributed by atoms with Crippen LogP contribution in [-0.2, 0) is 0 Å². The van der Waals surface area contributed by atoms with Crippen molar-refractivity contribution in [1.82, 2.24) is 9.97 Å². The van der Waals surface area contributed by atoms with E-state index in [-0.39, 0.29) is 5.69 Å². The van der Waals surface area contributed by atoms with E-state index in [0.717, 1.165) is 37.9 Å². The molecule has 0 saturated carbocycles. The van der Waals surface area contributed by atoms with Crippen molar-refractivity contribution in [3.05, 3.63) is 47.3 Å². The second-order valence-corrected chi connectivity index (χ2v) is 6.50. The molecule has 1 aliphatic rings.